The number of anilines is 2. The Hall–Kier alpha value is -2.65. The molecule has 0 bridgehead atoms. The van der Waals surface area contributed by atoms with Crippen molar-refractivity contribution in [3.63, 3.8) is 0 Å². The lowest BCUT2D eigenvalue weighted by Gasteiger charge is -2.33. The molecule has 0 spiro atoms. The molecule has 1 aromatic carbocycles. The molecule has 1 fully saturated rings. The third-order valence-electron chi connectivity index (χ3n) is 4.75. The first-order valence-corrected chi connectivity index (χ1v) is 8.88. The summed E-state index contributed by atoms with van der Waals surface area (Å²) in [5.74, 6) is 0.0295. The van der Waals surface area contributed by atoms with Crippen molar-refractivity contribution in [2.75, 3.05) is 30.8 Å². The third-order valence-corrected chi connectivity index (χ3v) is 5.05. The van der Waals surface area contributed by atoms with Crippen LogP contribution in [0.5, 0.6) is 0 Å². The van der Waals surface area contributed by atoms with E-state index >= 15 is 0 Å². The van der Waals surface area contributed by atoms with E-state index < -0.39 is 5.97 Å². The molecule has 2 aromatic rings. The molecule has 2 heterocycles. The Morgan fingerprint density at radius 2 is 2.23 bits per heavy atom. The number of benzene rings is 1. The second kappa shape index (κ2) is 7.30. The number of aromatic nitrogens is 1. The zero-order valence-electron chi connectivity index (χ0n) is 14.8. The lowest BCUT2D eigenvalue weighted by molar-refractivity contribution is 0.0593. The van der Waals surface area contributed by atoms with Gasteiger partial charge in [-0.05, 0) is 37.0 Å². The fourth-order valence-corrected chi connectivity index (χ4v) is 3.72. The van der Waals surface area contributed by atoms with Gasteiger partial charge in [0.15, 0.2) is 5.69 Å². The van der Waals surface area contributed by atoms with Crippen molar-refractivity contribution in [3.05, 3.63) is 40.7 Å². The number of rotatable bonds is 3. The van der Waals surface area contributed by atoms with Crippen molar-refractivity contribution in [2.45, 2.75) is 19.8 Å². The van der Waals surface area contributed by atoms with E-state index in [-0.39, 0.29) is 16.9 Å². The Morgan fingerprint density at radius 1 is 1.46 bits per heavy atom. The average Bonchev–Trinajstić information content (AvgIpc) is 2.97. The minimum atomic E-state index is -0.603. The van der Waals surface area contributed by atoms with Crippen LogP contribution >= 0.6 is 11.6 Å². The minimum Gasteiger partial charge on any atom is -0.464 e. The fraction of sp³-hybridized carbons (Fsp3) is 0.368. The fourth-order valence-electron chi connectivity index (χ4n) is 3.43. The van der Waals surface area contributed by atoms with Gasteiger partial charge >= 0.3 is 5.97 Å². The highest BCUT2D eigenvalue weighted by atomic mass is 35.5. The lowest BCUT2D eigenvalue weighted by atomic mass is 10.00. The minimum absolute atomic E-state index is 0.101. The van der Waals surface area contributed by atoms with Gasteiger partial charge in [0, 0.05) is 25.0 Å². The second-order valence-corrected chi connectivity index (χ2v) is 7.01. The Bertz CT molecular complexity index is 884. The molecule has 1 saturated heterocycles. The van der Waals surface area contributed by atoms with Gasteiger partial charge in [-0.15, -0.1) is 0 Å². The van der Waals surface area contributed by atoms with Crippen molar-refractivity contribution < 1.29 is 9.53 Å². The van der Waals surface area contributed by atoms with Gasteiger partial charge in [-0.25, -0.2) is 4.79 Å². The van der Waals surface area contributed by atoms with Crippen molar-refractivity contribution in [1.29, 1.82) is 5.26 Å². The molecule has 1 aliphatic heterocycles. The summed E-state index contributed by atoms with van der Waals surface area (Å²) < 4.78 is 6.36. The van der Waals surface area contributed by atoms with E-state index in [1.807, 2.05) is 18.2 Å². The molecule has 2 N–H and O–H groups in total. The number of ether oxygens (including phenoxy) is 1. The van der Waals surface area contributed by atoms with E-state index in [4.69, 9.17) is 22.1 Å². The van der Waals surface area contributed by atoms with Crippen LogP contribution in [0.1, 0.15) is 35.8 Å². The van der Waals surface area contributed by atoms with E-state index in [0.29, 0.717) is 16.6 Å². The van der Waals surface area contributed by atoms with Crippen molar-refractivity contribution >= 4 is 28.9 Å². The number of halogens is 1. The predicted octanol–water partition coefficient (Wildman–Crippen LogP) is 3.61. The number of hydrogen-bond donors (Lipinski definition) is 1. The molecular formula is C19H21ClN4O2. The number of nitrogen functional groups attached to an aromatic ring is 1. The van der Waals surface area contributed by atoms with Crippen molar-refractivity contribution in [2.24, 2.45) is 5.92 Å². The molecule has 136 valence electrons. The summed E-state index contributed by atoms with van der Waals surface area (Å²) in [5, 5.41) is 9.82. The van der Waals surface area contributed by atoms with Crippen LogP contribution in [0.15, 0.2) is 24.4 Å². The standard InChI is InChI=1S/C19H21ClN4O2/c1-12-4-3-7-23(10-12)16-6-5-14(8-15(16)20)24-11-13(9-21)17(22)18(24)19(25)26-2/h5-6,8,11-12H,3-4,7,10,22H2,1-2H3. The summed E-state index contributed by atoms with van der Waals surface area (Å²) in [7, 11) is 1.28. The number of nitriles is 1. The average molecular weight is 373 g/mol. The Labute approximate surface area is 157 Å². The Kier molecular flexibility index (Phi) is 5.10. The number of esters is 1. The van der Waals surface area contributed by atoms with E-state index in [1.54, 1.807) is 10.6 Å². The summed E-state index contributed by atoms with van der Waals surface area (Å²) in [6, 6.07) is 7.59. The number of piperidine rings is 1. The number of carbonyl (C=O) groups excluding carboxylic acids is 1. The highest BCUT2D eigenvalue weighted by molar-refractivity contribution is 6.33. The van der Waals surface area contributed by atoms with Crippen molar-refractivity contribution in [1.82, 2.24) is 4.57 Å². The van der Waals surface area contributed by atoms with Gasteiger partial charge in [-0.3, -0.25) is 0 Å². The van der Waals surface area contributed by atoms with E-state index in [2.05, 4.69) is 11.8 Å². The molecule has 6 nitrogen and oxygen atoms in total. The largest absolute Gasteiger partial charge is 0.464 e. The molecule has 1 aromatic heterocycles. The predicted molar refractivity (Wildman–Crippen MR) is 102 cm³/mol. The molecule has 7 heteroatoms. The quantitative estimate of drug-likeness (QED) is 0.832. The smallest absolute Gasteiger partial charge is 0.357 e. The molecule has 1 unspecified atom stereocenters. The first-order valence-electron chi connectivity index (χ1n) is 8.50. The van der Waals surface area contributed by atoms with Gasteiger partial charge in [0.2, 0.25) is 0 Å². The third kappa shape index (κ3) is 3.23. The molecule has 0 amide bonds. The Morgan fingerprint density at radius 3 is 2.85 bits per heavy atom. The normalized spacial score (nSPS) is 17.0. The topological polar surface area (TPSA) is 84.3 Å². The van der Waals surface area contributed by atoms with Gasteiger partial charge in [0.05, 0.1) is 29.1 Å². The SMILES string of the molecule is COC(=O)c1c(N)c(C#N)cn1-c1ccc(N2CCCC(C)C2)c(Cl)c1. The van der Waals surface area contributed by atoms with Crippen LogP contribution in [0.2, 0.25) is 5.02 Å². The van der Waals surface area contributed by atoms with Gasteiger partial charge in [0.25, 0.3) is 0 Å². The molecule has 3 rings (SSSR count). The van der Waals surface area contributed by atoms with Crippen LogP contribution in [0.4, 0.5) is 11.4 Å². The number of nitrogens with zero attached hydrogens (tertiary/aromatic N) is 3. The maximum absolute atomic E-state index is 12.1. The number of hydrogen-bond acceptors (Lipinski definition) is 5. The summed E-state index contributed by atoms with van der Waals surface area (Å²) in [4.78, 5) is 14.4. The zero-order valence-corrected chi connectivity index (χ0v) is 15.6. The molecule has 0 aliphatic carbocycles. The molecule has 0 saturated carbocycles. The number of methoxy groups -OCH3 is 1. The van der Waals surface area contributed by atoms with Gasteiger partial charge in [0.1, 0.15) is 6.07 Å². The van der Waals surface area contributed by atoms with Gasteiger partial charge in [-0.1, -0.05) is 18.5 Å². The van der Waals surface area contributed by atoms with E-state index in [1.165, 1.54) is 19.7 Å². The maximum Gasteiger partial charge on any atom is 0.357 e. The number of carbonyl (C=O) groups is 1. The Balaban J connectivity index is 2.02. The molecule has 1 atom stereocenters. The molecule has 1 aliphatic rings. The summed E-state index contributed by atoms with van der Waals surface area (Å²) >= 11 is 6.54. The van der Waals surface area contributed by atoms with Crippen LogP contribution in [0, 0.1) is 17.2 Å². The second-order valence-electron chi connectivity index (χ2n) is 6.61. The maximum atomic E-state index is 12.1. The molecule has 0 radical (unpaired) electrons. The summed E-state index contributed by atoms with van der Waals surface area (Å²) in [5.41, 5.74) is 8.01. The van der Waals surface area contributed by atoms with Crippen LogP contribution < -0.4 is 10.6 Å². The van der Waals surface area contributed by atoms with Gasteiger partial charge in [-0.2, -0.15) is 5.26 Å². The lowest BCUT2D eigenvalue weighted by Crippen LogP contribution is -2.34. The summed E-state index contributed by atoms with van der Waals surface area (Å²) in [6.07, 6.45) is 3.90. The monoisotopic (exact) mass is 372 g/mol. The molecule has 26 heavy (non-hydrogen) atoms. The zero-order chi connectivity index (χ0) is 18.8. The van der Waals surface area contributed by atoms with Crippen LogP contribution in [0.3, 0.4) is 0 Å². The molecular weight excluding hydrogens is 352 g/mol. The number of nitrogens with two attached hydrogens (primary N) is 1. The first kappa shape index (κ1) is 18.2. The van der Waals surface area contributed by atoms with Crippen LogP contribution in [-0.4, -0.2) is 30.7 Å². The highest BCUT2D eigenvalue weighted by Crippen LogP contribution is 2.33. The van der Waals surface area contributed by atoms with E-state index in [9.17, 15) is 10.1 Å². The van der Waals surface area contributed by atoms with Gasteiger partial charge < -0.3 is 19.9 Å². The van der Waals surface area contributed by atoms with Crippen molar-refractivity contribution in [3.8, 4) is 11.8 Å². The van der Waals surface area contributed by atoms with Crippen LogP contribution in [0.25, 0.3) is 5.69 Å². The highest BCUT2D eigenvalue weighted by Gasteiger charge is 2.23. The van der Waals surface area contributed by atoms with E-state index in [0.717, 1.165) is 25.2 Å². The first-order chi connectivity index (χ1) is 12.5. The summed E-state index contributed by atoms with van der Waals surface area (Å²) in [6.45, 7) is 4.19. The van der Waals surface area contributed by atoms with Crippen LogP contribution in [-0.2, 0) is 4.74 Å².